The number of thioether (sulfide) groups is 1. The van der Waals surface area contributed by atoms with Crippen LogP contribution in [0.4, 0.5) is 5.69 Å². The Balaban J connectivity index is 1.76. The van der Waals surface area contributed by atoms with Crippen LogP contribution in [0, 0.1) is 6.92 Å². The summed E-state index contributed by atoms with van der Waals surface area (Å²) < 4.78 is 0. The van der Waals surface area contributed by atoms with Gasteiger partial charge in [0.15, 0.2) is 0 Å². The molecule has 100 valence electrons. The Labute approximate surface area is 118 Å². The fourth-order valence-corrected chi connectivity index (χ4v) is 3.80. The fourth-order valence-electron chi connectivity index (χ4n) is 2.55. The summed E-state index contributed by atoms with van der Waals surface area (Å²) >= 11 is 2.01. The first-order valence-electron chi connectivity index (χ1n) is 6.81. The van der Waals surface area contributed by atoms with Gasteiger partial charge in [0.1, 0.15) is 5.69 Å². The van der Waals surface area contributed by atoms with E-state index in [-0.39, 0.29) is 0 Å². The lowest BCUT2D eigenvalue weighted by Crippen LogP contribution is -1.93. The molecule has 1 aromatic carbocycles. The van der Waals surface area contributed by atoms with Crippen molar-refractivity contribution in [2.45, 2.75) is 42.8 Å². The number of nitrogens with zero attached hydrogens (tertiary/aromatic N) is 1. The van der Waals surface area contributed by atoms with Gasteiger partial charge in [0, 0.05) is 15.7 Å². The smallest absolute Gasteiger partial charge is 0.115 e. The summed E-state index contributed by atoms with van der Waals surface area (Å²) in [6, 6.07) is 8.59. The maximum absolute atomic E-state index is 6.01. The summed E-state index contributed by atoms with van der Waals surface area (Å²) in [6.07, 6.45) is 5.49. The van der Waals surface area contributed by atoms with E-state index in [1.54, 1.807) is 0 Å². The first-order chi connectivity index (χ1) is 9.24. The van der Waals surface area contributed by atoms with E-state index in [2.05, 4.69) is 34.5 Å². The van der Waals surface area contributed by atoms with Crippen molar-refractivity contribution in [3.05, 3.63) is 30.0 Å². The third-order valence-electron chi connectivity index (χ3n) is 3.73. The van der Waals surface area contributed by atoms with Crippen molar-refractivity contribution in [3.63, 3.8) is 0 Å². The summed E-state index contributed by atoms with van der Waals surface area (Å²) in [7, 11) is 0. The van der Waals surface area contributed by atoms with Gasteiger partial charge in [0.05, 0.1) is 11.4 Å². The number of H-pyrrole nitrogens is 1. The summed E-state index contributed by atoms with van der Waals surface area (Å²) in [4.78, 5) is 1.35. The molecule has 3 N–H and O–H groups in total. The number of benzene rings is 1. The van der Waals surface area contributed by atoms with Crippen LogP contribution in [0.5, 0.6) is 0 Å². The van der Waals surface area contributed by atoms with Crippen LogP contribution >= 0.6 is 11.8 Å². The quantitative estimate of drug-likeness (QED) is 0.888. The topological polar surface area (TPSA) is 54.7 Å². The van der Waals surface area contributed by atoms with E-state index in [0.29, 0.717) is 0 Å². The molecule has 3 rings (SSSR count). The Morgan fingerprint density at radius 2 is 1.89 bits per heavy atom. The average Bonchev–Trinajstić information content (AvgIpc) is 3.03. The highest BCUT2D eigenvalue weighted by molar-refractivity contribution is 8.00. The molecule has 0 spiro atoms. The van der Waals surface area contributed by atoms with Gasteiger partial charge in [-0.05, 0) is 31.9 Å². The van der Waals surface area contributed by atoms with Crippen LogP contribution in [-0.4, -0.2) is 15.4 Å². The maximum atomic E-state index is 6.01. The molecule has 3 nitrogen and oxygen atoms in total. The number of anilines is 1. The second-order valence-corrected chi connectivity index (χ2v) is 6.53. The van der Waals surface area contributed by atoms with E-state index in [1.165, 1.54) is 30.6 Å². The Bertz CT molecular complexity index is 553. The third kappa shape index (κ3) is 2.63. The molecule has 2 aromatic rings. The largest absolute Gasteiger partial charge is 0.395 e. The van der Waals surface area contributed by atoms with Gasteiger partial charge in [-0.3, -0.25) is 5.10 Å². The Morgan fingerprint density at radius 3 is 2.47 bits per heavy atom. The zero-order valence-electron chi connectivity index (χ0n) is 11.1. The molecule has 4 heteroatoms. The number of aromatic amines is 1. The Hall–Kier alpha value is -1.42. The van der Waals surface area contributed by atoms with E-state index >= 15 is 0 Å². The van der Waals surface area contributed by atoms with Crippen molar-refractivity contribution in [3.8, 4) is 11.3 Å². The van der Waals surface area contributed by atoms with Crippen molar-refractivity contribution >= 4 is 17.4 Å². The second kappa shape index (κ2) is 5.29. The van der Waals surface area contributed by atoms with Crippen molar-refractivity contribution in [2.24, 2.45) is 0 Å². The lowest BCUT2D eigenvalue weighted by atomic mass is 10.1. The second-order valence-electron chi connectivity index (χ2n) is 5.16. The van der Waals surface area contributed by atoms with Gasteiger partial charge in [-0.1, -0.05) is 25.0 Å². The van der Waals surface area contributed by atoms with Crippen LogP contribution in [0.25, 0.3) is 11.3 Å². The molecule has 0 saturated heterocycles. The van der Waals surface area contributed by atoms with Gasteiger partial charge in [0.25, 0.3) is 0 Å². The normalized spacial score (nSPS) is 16.1. The molecule has 0 bridgehead atoms. The first-order valence-corrected chi connectivity index (χ1v) is 7.69. The van der Waals surface area contributed by atoms with E-state index in [4.69, 9.17) is 5.73 Å². The van der Waals surface area contributed by atoms with E-state index in [9.17, 15) is 0 Å². The van der Waals surface area contributed by atoms with Crippen molar-refractivity contribution < 1.29 is 0 Å². The number of rotatable bonds is 3. The number of aromatic nitrogens is 2. The molecule has 1 aromatic heterocycles. The number of aryl methyl sites for hydroxylation is 1. The van der Waals surface area contributed by atoms with Gasteiger partial charge < -0.3 is 5.73 Å². The molecule has 0 amide bonds. The Morgan fingerprint density at radius 1 is 1.21 bits per heavy atom. The van der Waals surface area contributed by atoms with Crippen molar-refractivity contribution in [1.29, 1.82) is 0 Å². The number of hydrogen-bond donors (Lipinski definition) is 2. The summed E-state index contributed by atoms with van der Waals surface area (Å²) in [5.41, 5.74) is 9.62. The van der Waals surface area contributed by atoms with Crippen LogP contribution in [-0.2, 0) is 0 Å². The molecule has 1 fully saturated rings. The molecule has 0 atom stereocenters. The van der Waals surface area contributed by atoms with Crippen LogP contribution in [0.15, 0.2) is 29.2 Å². The van der Waals surface area contributed by atoms with Gasteiger partial charge in [-0.25, -0.2) is 0 Å². The number of nitrogens with one attached hydrogen (secondary N) is 1. The van der Waals surface area contributed by atoms with Crippen molar-refractivity contribution in [2.75, 3.05) is 5.73 Å². The summed E-state index contributed by atoms with van der Waals surface area (Å²) in [6.45, 7) is 1.94. The van der Waals surface area contributed by atoms with Crippen LogP contribution in [0.2, 0.25) is 0 Å². The molecule has 19 heavy (non-hydrogen) atoms. The standard InChI is InChI=1S/C15H19N3S/c1-10-14(16)15(18-17-10)11-6-8-13(9-7-11)19-12-4-2-3-5-12/h6-9,12H,2-5,16H2,1H3,(H,17,18). The minimum atomic E-state index is 0.746. The molecule has 1 aliphatic rings. The minimum absolute atomic E-state index is 0.746. The minimum Gasteiger partial charge on any atom is -0.395 e. The first kappa shape index (κ1) is 12.6. The molecule has 0 radical (unpaired) electrons. The molecule has 1 saturated carbocycles. The fraction of sp³-hybridized carbons (Fsp3) is 0.400. The predicted molar refractivity (Wildman–Crippen MR) is 81.3 cm³/mol. The van der Waals surface area contributed by atoms with Gasteiger partial charge >= 0.3 is 0 Å². The number of hydrogen-bond acceptors (Lipinski definition) is 3. The SMILES string of the molecule is Cc1[nH]nc(-c2ccc(SC3CCCC3)cc2)c1N. The van der Waals surface area contributed by atoms with Crippen LogP contribution in [0.3, 0.4) is 0 Å². The number of nitrogens with two attached hydrogens (primary N) is 1. The number of nitrogen functional groups attached to an aromatic ring is 1. The zero-order chi connectivity index (χ0) is 13.2. The molecular formula is C15H19N3S. The zero-order valence-corrected chi connectivity index (χ0v) is 12.0. The van der Waals surface area contributed by atoms with E-state index in [0.717, 1.165) is 27.9 Å². The van der Waals surface area contributed by atoms with Gasteiger partial charge in [-0.2, -0.15) is 5.10 Å². The predicted octanol–water partition coefficient (Wildman–Crippen LogP) is 4.00. The summed E-state index contributed by atoms with van der Waals surface area (Å²) in [5.74, 6) is 0. The van der Waals surface area contributed by atoms with Gasteiger partial charge in [0.2, 0.25) is 0 Å². The lowest BCUT2D eigenvalue weighted by Gasteiger charge is -2.08. The van der Waals surface area contributed by atoms with E-state index < -0.39 is 0 Å². The molecule has 1 heterocycles. The molecule has 0 aliphatic heterocycles. The Kier molecular flexibility index (Phi) is 3.51. The van der Waals surface area contributed by atoms with Crippen LogP contribution in [0.1, 0.15) is 31.4 Å². The highest BCUT2D eigenvalue weighted by Crippen LogP contribution is 2.35. The maximum Gasteiger partial charge on any atom is 0.115 e. The molecular weight excluding hydrogens is 254 g/mol. The monoisotopic (exact) mass is 273 g/mol. The van der Waals surface area contributed by atoms with Crippen LogP contribution < -0.4 is 5.73 Å². The van der Waals surface area contributed by atoms with E-state index in [1.807, 2.05) is 18.7 Å². The molecule has 0 unspecified atom stereocenters. The third-order valence-corrected chi connectivity index (χ3v) is 5.08. The average molecular weight is 273 g/mol. The van der Waals surface area contributed by atoms with Gasteiger partial charge in [-0.15, -0.1) is 11.8 Å². The van der Waals surface area contributed by atoms with Crippen molar-refractivity contribution in [1.82, 2.24) is 10.2 Å². The summed E-state index contributed by atoms with van der Waals surface area (Å²) in [5, 5.41) is 8.00. The molecule has 1 aliphatic carbocycles. The highest BCUT2D eigenvalue weighted by atomic mass is 32.2. The highest BCUT2D eigenvalue weighted by Gasteiger charge is 2.16. The lowest BCUT2D eigenvalue weighted by molar-refractivity contribution is 0.886.